The molecule has 4 heteroatoms. The van der Waals surface area contributed by atoms with E-state index in [1.54, 1.807) is 0 Å². The summed E-state index contributed by atoms with van der Waals surface area (Å²) < 4.78 is 0. The van der Waals surface area contributed by atoms with Crippen molar-refractivity contribution < 1.29 is 4.79 Å². The molecule has 2 aromatic rings. The Bertz CT molecular complexity index is 687. The Morgan fingerprint density at radius 3 is 2.83 bits per heavy atom. The number of nitrogens with one attached hydrogen (secondary N) is 2. The minimum atomic E-state index is 0.0537. The average molecular weight is 311 g/mol. The number of nitrogens with zero attached hydrogens (tertiary/aromatic N) is 1. The molecule has 4 rings (SSSR count). The molecule has 2 aliphatic rings. The van der Waals surface area contributed by atoms with Crippen molar-refractivity contribution in [1.82, 2.24) is 15.2 Å². The predicted octanol–water partition coefficient (Wildman–Crippen LogP) is 3.30. The lowest BCUT2D eigenvalue weighted by Gasteiger charge is -2.31. The molecule has 1 aliphatic carbocycles. The molecule has 1 aliphatic heterocycles. The molecule has 1 aromatic carbocycles. The van der Waals surface area contributed by atoms with E-state index in [4.69, 9.17) is 0 Å². The number of amides is 1. The van der Waals surface area contributed by atoms with Crippen LogP contribution >= 0.6 is 0 Å². The van der Waals surface area contributed by atoms with Crippen LogP contribution in [0.2, 0.25) is 0 Å². The van der Waals surface area contributed by atoms with E-state index in [9.17, 15) is 4.79 Å². The molecule has 4 nitrogen and oxygen atoms in total. The summed E-state index contributed by atoms with van der Waals surface area (Å²) in [6, 6.07) is 9.01. The van der Waals surface area contributed by atoms with Gasteiger partial charge in [0.15, 0.2) is 0 Å². The summed E-state index contributed by atoms with van der Waals surface area (Å²) in [5.41, 5.74) is 1.78. The zero-order valence-corrected chi connectivity index (χ0v) is 13.6. The van der Waals surface area contributed by atoms with Crippen molar-refractivity contribution in [1.29, 1.82) is 0 Å². The van der Waals surface area contributed by atoms with Crippen molar-refractivity contribution in [2.24, 2.45) is 0 Å². The average Bonchev–Trinajstić information content (AvgIpc) is 3.22. The van der Waals surface area contributed by atoms with Crippen molar-refractivity contribution >= 4 is 16.8 Å². The van der Waals surface area contributed by atoms with E-state index >= 15 is 0 Å². The van der Waals surface area contributed by atoms with E-state index < -0.39 is 0 Å². The van der Waals surface area contributed by atoms with Gasteiger partial charge in [0.25, 0.3) is 5.91 Å². The third-order valence-electron chi connectivity index (χ3n) is 5.48. The molecule has 2 heterocycles. The summed E-state index contributed by atoms with van der Waals surface area (Å²) >= 11 is 0. The molecule has 2 N–H and O–H groups in total. The van der Waals surface area contributed by atoms with Crippen LogP contribution in [-0.2, 0) is 0 Å². The van der Waals surface area contributed by atoms with E-state index in [1.807, 2.05) is 30.5 Å². The van der Waals surface area contributed by atoms with Crippen LogP contribution in [0.15, 0.2) is 30.5 Å². The summed E-state index contributed by atoms with van der Waals surface area (Å²) in [7, 11) is 0. The SMILES string of the molecule is O=C(NC1CCN(C2CCCCC2)C1)c1c[nH]c2ccccc12. The highest BCUT2D eigenvalue weighted by molar-refractivity contribution is 6.06. The number of hydrogen-bond donors (Lipinski definition) is 2. The second-order valence-corrected chi connectivity index (χ2v) is 6.99. The first-order chi connectivity index (χ1) is 11.3. The predicted molar refractivity (Wildman–Crippen MR) is 92.6 cm³/mol. The van der Waals surface area contributed by atoms with E-state index in [1.165, 1.54) is 32.1 Å². The molecule has 1 atom stereocenters. The molecule has 1 aromatic heterocycles. The first-order valence-corrected chi connectivity index (χ1v) is 8.92. The molecule has 1 amide bonds. The van der Waals surface area contributed by atoms with E-state index in [0.29, 0.717) is 0 Å². The zero-order valence-electron chi connectivity index (χ0n) is 13.6. The fraction of sp³-hybridized carbons (Fsp3) is 0.526. The largest absolute Gasteiger partial charge is 0.360 e. The first kappa shape index (κ1) is 14.8. The number of hydrogen-bond acceptors (Lipinski definition) is 2. The number of carbonyl (C=O) groups is 1. The molecule has 1 saturated carbocycles. The van der Waals surface area contributed by atoms with Gasteiger partial charge in [-0.3, -0.25) is 9.69 Å². The minimum Gasteiger partial charge on any atom is -0.360 e. The van der Waals surface area contributed by atoms with Gasteiger partial charge in [-0.15, -0.1) is 0 Å². The van der Waals surface area contributed by atoms with E-state index in [2.05, 4.69) is 15.2 Å². The van der Waals surface area contributed by atoms with Crippen molar-refractivity contribution in [2.45, 2.75) is 50.6 Å². The highest BCUT2D eigenvalue weighted by Crippen LogP contribution is 2.26. The maximum atomic E-state index is 12.6. The van der Waals surface area contributed by atoms with E-state index in [-0.39, 0.29) is 11.9 Å². The Labute approximate surface area is 137 Å². The fourth-order valence-corrected chi connectivity index (χ4v) is 4.21. The van der Waals surface area contributed by atoms with Gasteiger partial charge in [-0.25, -0.2) is 0 Å². The van der Waals surface area contributed by atoms with Crippen LogP contribution < -0.4 is 5.32 Å². The molecule has 23 heavy (non-hydrogen) atoms. The van der Waals surface area contributed by atoms with Crippen LogP contribution in [0.1, 0.15) is 48.9 Å². The van der Waals surface area contributed by atoms with Gasteiger partial charge in [0.1, 0.15) is 0 Å². The molecule has 0 spiro atoms. The summed E-state index contributed by atoms with van der Waals surface area (Å²) in [5, 5.41) is 4.25. The molecule has 122 valence electrons. The lowest BCUT2D eigenvalue weighted by molar-refractivity contribution is 0.0936. The number of aromatic nitrogens is 1. The number of H-pyrrole nitrogens is 1. The maximum absolute atomic E-state index is 12.6. The monoisotopic (exact) mass is 311 g/mol. The number of fused-ring (bicyclic) bond motifs is 1. The van der Waals surface area contributed by atoms with Crippen LogP contribution in [0.4, 0.5) is 0 Å². The van der Waals surface area contributed by atoms with Crippen molar-refractivity contribution in [3.8, 4) is 0 Å². The number of carbonyl (C=O) groups excluding carboxylic acids is 1. The van der Waals surface area contributed by atoms with Gasteiger partial charge in [0.05, 0.1) is 5.56 Å². The smallest absolute Gasteiger partial charge is 0.253 e. The van der Waals surface area contributed by atoms with Gasteiger partial charge in [0, 0.05) is 42.3 Å². The zero-order chi connectivity index (χ0) is 15.6. The lowest BCUT2D eigenvalue weighted by atomic mass is 9.94. The second kappa shape index (κ2) is 6.36. The number of para-hydroxylation sites is 1. The van der Waals surface area contributed by atoms with Crippen LogP contribution in [0.5, 0.6) is 0 Å². The van der Waals surface area contributed by atoms with Gasteiger partial charge < -0.3 is 10.3 Å². The fourth-order valence-electron chi connectivity index (χ4n) is 4.21. The molecule has 0 radical (unpaired) electrons. The molecular weight excluding hydrogens is 286 g/mol. The normalized spacial score (nSPS) is 23.4. The van der Waals surface area contributed by atoms with Crippen LogP contribution in [0.3, 0.4) is 0 Å². The van der Waals surface area contributed by atoms with Crippen LogP contribution in [0.25, 0.3) is 10.9 Å². The molecule has 1 saturated heterocycles. The number of aromatic amines is 1. The van der Waals surface area contributed by atoms with Gasteiger partial charge in [0.2, 0.25) is 0 Å². The maximum Gasteiger partial charge on any atom is 0.253 e. The first-order valence-electron chi connectivity index (χ1n) is 8.92. The van der Waals surface area contributed by atoms with Gasteiger partial charge in [-0.2, -0.15) is 0 Å². The topological polar surface area (TPSA) is 48.1 Å². The number of likely N-dealkylation sites (tertiary alicyclic amines) is 1. The molecular formula is C19H25N3O. The van der Waals surface area contributed by atoms with Crippen molar-refractivity contribution in [3.63, 3.8) is 0 Å². The third-order valence-corrected chi connectivity index (χ3v) is 5.48. The Balaban J connectivity index is 1.39. The Kier molecular flexibility index (Phi) is 4.08. The Morgan fingerprint density at radius 1 is 1.13 bits per heavy atom. The highest BCUT2D eigenvalue weighted by atomic mass is 16.1. The summed E-state index contributed by atoms with van der Waals surface area (Å²) in [5.74, 6) is 0.0537. The number of rotatable bonds is 3. The molecule has 0 bridgehead atoms. The molecule has 2 fully saturated rings. The van der Waals surface area contributed by atoms with Crippen molar-refractivity contribution in [3.05, 3.63) is 36.0 Å². The van der Waals surface area contributed by atoms with Gasteiger partial charge in [-0.05, 0) is 25.3 Å². The van der Waals surface area contributed by atoms with Crippen molar-refractivity contribution in [2.75, 3.05) is 13.1 Å². The van der Waals surface area contributed by atoms with Gasteiger partial charge >= 0.3 is 0 Å². The van der Waals surface area contributed by atoms with Crippen LogP contribution in [-0.4, -0.2) is 41.0 Å². The highest BCUT2D eigenvalue weighted by Gasteiger charge is 2.30. The second-order valence-electron chi connectivity index (χ2n) is 6.99. The molecule has 1 unspecified atom stereocenters. The quantitative estimate of drug-likeness (QED) is 0.913. The minimum absolute atomic E-state index is 0.0537. The Hall–Kier alpha value is -1.81. The standard InChI is InChI=1S/C19H25N3O/c23-19(17-12-20-18-9-5-4-8-16(17)18)21-14-10-11-22(13-14)15-6-2-1-3-7-15/h4-5,8-9,12,14-15,20H,1-3,6-7,10-11,13H2,(H,21,23). The third kappa shape index (κ3) is 3.00. The van der Waals surface area contributed by atoms with E-state index in [0.717, 1.165) is 42.0 Å². The van der Waals surface area contributed by atoms with Gasteiger partial charge in [-0.1, -0.05) is 37.5 Å². The van der Waals surface area contributed by atoms with Crippen LogP contribution in [0, 0.1) is 0 Å². The summed E-state index contributed by atoms with van der Waals surface area (Å²) in [6.07, 6.45) is 9.71. The lowest BCUT2D eigenvalue weighted by Crippen LogP contribution is -2.40. The summed E-state index contributed by atoms with van der Waals surface area (Å²) in [6.45, 7) is 2.14. The summed E-state index contributed by atoms with van der Waals surface area (Å²) in [4.78, 5) is 18.4. The Morgan fingerprint density at radius 2 is 1.96 bits per heavy atom. The number of benzene rings is 1.